The Morgan fingerprint density at radius 2 is 2.06 bits per heavy atom. The number of carbonyl (C=O) groups excluding carboxylic acids is 1. The molecule has 1 unspecified atom stereocenters. The number of aliphatic hydroxyl groups is 1. The Morgan fingerprint density at radius 1 is 1.47 bits per heavy atom. The molecule has 0 saturated heterocycles. The van der Waals surface area contributed by atoms with Gasteiger partial charge < -0.3 is 16.2 Å². The SMILES string of the molecule is CC(C)(C)CC(CN)C(=O)NCC1CC(O)C1. The molecule has 1 aliphatic carbocycles. The molecule has 0 spiro atoms. The lowest BCUT2D eigenvalue weighted by Crippen LogP contribution is -2.42. The van der Waals surface area contributed by atoms with E-state index in [2.05, 4.69) is 26.1 Å². The molecule has 4 N–H and O–H groups in total. The molecule has 1 fully saturated rings. The molecule has 4 nitrogen and oxygen atoms in total. The van der Waals surface area contributed by atoms with Crippen molar-refractivity contribution < 1.29 is 9.90 Å². The summed E-state index contributed by atoms with van der Waals surface area (Å²) in [7, 11) is 0. The molecule has 0 radical (unpaired) electrons. The van der Waals surface area contributed by atoms with Crippen LogP contribution in [0.4, 0.5) is 0 Å². The van der Waals surface area contributed by atoms with Crippen molar-refractivity contribution in [2.75, 3.05) is 13.1 Å². The highest BCUT2D eigenvalue weighted by Crippen LogP contribution is 2.27. The van der Waals surface area contributed by atoms with E-state index in [1.165, 1.54) is 0 Å². The van der Waals surface area contributed by atoms with Crippen LogP contribution in [0.15, 0.2) is 0 Å². The minimum atomic E-state index is -0.156. The van der Waals surface area contributed by atoms with Crippen molar-refractivity contribution in [2.24, 2.45) is 23.0 Å². The third kappa shape index (κ3) is 5.04. The Balaban J connectivity index is 2.28. The molecule has 0 heterocycles. The van der Waals surface area contributed by atoms with Crippen molar-refractivity contribution in [3.05, 3.63) is 0 Å². The van der Waals surface area contributed by atoms with Crippen molar-refractivity contribution >= 4 is 5.91 Å². The highest BCUT2D eigenvalue weighted by Gasteiger charge is 2.29. The molecule has 1 saturated carbocycles. The van der Waals surface area contributed by atoms with Gasteiger partial charge in [0.15, 0.2) is 0 Å². The van der Waals surface area contributed by atoms with Gasteiger partial charge >= 0.3 is 0 Å². The van der Waals surface area contributed by atoms with Gasteiger partial charge in [-0.2, -0.15) is 0 Å². The summed E-state index contributed by atoms with van der Waals surface area (Å²) in [5.74, 6) is 0.408. The van der Waals surface area contributed by atoms with E-state index in [9.17, 15) is 4.79 Å². The van der Waals surface area contributed by atoms with Crippen LogP contribution in [-0.4, -0.2) is 30.2 Å². The largest absolute Gasteiger partial charge is 0.393 e. The molecule has 0 bridgehead atoms. The number of amides is 1. The normalized spacial score (nSPS) is 26.2. The van der Waals surface area contributed by atoms with E-state index < -0.39 is 0 Å². The average molecular weight is 242 g/mol. The van der Waals surface area contributed by atoms with Gasteiger partial charge in [-0.25, -0.2) is 0 Å². The van der Waals surface area contributed by atoms with Gasteiger partial charge in [0.05, 0.1) is 12.0 Å². The number of hydrogen-bond acceptors (Lipinski definition) is 3. The summed E-state index contributed by atoms with van der Waals surface area (Å²) >= 11 is 0. The second kappa shape index (κ2) is 5.83. The minimum absolute atomic E-state index is 0.0591. The second-order valence-electron chi connectivity index (χ2n) is 6.43. The van der Waals surface area contributed by atoms with Crippen LogP contribution in [0.5, 0.6) is 0 Å². The maximum absolute atomic E-state index is 11.9. The van der Waals surface area contributed by atoms with Crippen LogP contribution in [-0.2, 0) is 4.79 Å². The van der Waals surface area contributed by atoms with Gasteiger partial charge in [0.1, 0.15) is 0 Å². The van der Waals surface area contributed by atoms with E-state index in [1.807, 2.05) is 0 Å². The number of rotatable bonds is 5. The van der Waals surface area contributed by atoms with Crippen molar-refractivity contribution in [1.29, 1.82) is 0 Å². The smallest absolute Gasteiger partial charge is 0.224 e. The topological polar surface area (TPSA) is 75.4 Å². The van der Waals surface area contributed by atoms with Crippen LogP contribution >= 0.6 is 0 Å². The predicted octanol–water partition coefficient (Wildman–Crippen LogP) is 0.885. The van der Waals surface area contributed by atoms with Gasteiger partial charge in [0, 0.05) is 13.1 Å². The van der Waals surface area contributed by atoms with Crippen LogP contribution in [0.3, 0.4) is 0 Å². The highest BCUT2D eigenvalue weighted by molar-refractivity contribution is 5.78. The summed E-state index contributed by atoms with van der Waals surface area (Å²) in [6, 6.07) is 0. The standard InChI is InChI=1S/C13H26N2O2/c1-13(2,3)6-10(7-14)12(17)15-8-9-4-11(16)5-9/h9-11,16H,4-8,14H2,1-3H3,(H,15,17). The molecule has 1 aliphatic rings. The average Bonchev–Trinajstić information content (AvgIpc) is 2.17. The summed E-state index contributed by atoms with van der Waals surface area (Å²) in [6.07, 6.45) is 2.28. The van der Waals surface area contributed by atoms with Crippen molar-refractivity contribution in [3.63, 3.8) is 0 Å². The first-order valence-electron chi connectivity index (χ1n) is 6.47. The Kier molecular flexibility index (Phi) is 4.95. The Hall–Kier alpha value is -0.610. The molecular formula is C13H26N2O2. The fraction of sp³-hybridized carbons (Fsp3) is 0.923. The fourth-order valence-corrected chi connectivity index (χ4v) is 2.28. The molecule has 0 aliphatic heterocycles. The lowest BCUT2D eigenvalue weighted by molar-refractivity contribution is -0.126. The molecule has 0 aromatic carbocycles. The molecule has 17 heavy (non-hydrogen) atoms. The zero-order valence-electron chi connectivity index (χ0n) is 11.2. The van der Waals surface area contributed by atoms with Crippen LogP contribution in [0.25, 0.3) is 0 Å². The summed E-state index contributed by atoms with van der Waals surface area (Å²) in [5, 5.41) is 12.1. The Morgan fingerprint density at radius 3 is 2.47 bits per heavy atom. The maximum atomic E-state index is 11.9. The molecule has 0 aromatic heterocycles. The van der Waals surface area contributed by atoms with E-state index in [0.717, 1.165) is 19.3 Å². The summed E-state index contributed by atoms with van der Waals surface area (Å²) in [4.78, 5) is 11.9. The van der Waals surface area contributed by atoms with Crippen LogP contribution in [0, 0.1) is 17.3 Å². The highest BCUT2D eigenvalue weighted by atomic mass is 16.3. The third-order valence-corrected chi connectivity index (χ3v) is 3.29. The first kappa shape index (κ1) is 14.5. The van der Waals surface area contributed by atoms with Gasteiger partial charge in [-0.15, -0.1) is 0 Å². The summed E-state index contributed by atoms with van der Waals surface area (Å²) in [5.41, 5.74) is 5.77. The lowest BCUT2D eigenvalue weighted by atomic mass is 9.82. The molecule has 1 atom stereocenters. The Bertz CT molecular complexity index is 255. The van der Waals surface area contributed by atoms with Gasteiger partial charge in [-0.05, 0) is 30.6 Å². The number of nitrogens with two attached hydrogens (primary N) is 1. The molecular weight excluding hydrogens is 216 g/mol. The monoisotopic (exact) mass is 242 g/mol. The quantitative estimate of drug-likeness (QED) is 0.670. The molecule has 1 rings (SSSR count). The summed E-state index contributed by atoms with van der Waals surface area (Å²) in [6.45, 7) is 7.43. The minimum Gasteiger partial charge on any atom is -0.393 e. The van der Waals surface area contributed by atoms with Gasteiger partial charge in [-0.3, -0.25) is 4.79 Å². The second-order valence-corrected chi connectivity index (χ2v) is 6.43. The first-order chi connectivity index (χ1) is 7.81. The van der Waals surface area contributed by atoms with Gasteiger partial charge in [-0.1, -0.05) is 20.8 Å². The maximum Gasteiger partial charge on any atom is 0.224 e. The lowest BCUT2D eigenvalue weighted by Gasteiger charge is -2.32. The number of carbonyl (C=O) groups is 1. The van der Waals surface area contributed by atoms with Crippen molar-refractivity contribution in [3.8, 4) is 0 Å². The Labute approximate surface area is 104 Å². The van der Waals surface area contributed by atoms with E-state index in [1.54, 1.807) is 0 Å². The van der Waals surface area contributed by atoms with E-state index in [-0.39, 0.29) is 23.3 Å². The first-order valence-corrected chi connectivity index (χ1v) is 6.47. The molecule has 100 valence electrons. The zero-order valence-corrected chi connectivity index (χ0v) is 11.2. The van der Waals surface area contributed by atoms with Gasteiger partial charge in [0.2, 0.25) is 5.91 Å². The van der Waals surface area contributed by atoms with Crippen molar-refractivity contribution in [2.45, 2.75) is 46.1 Å². The third-order valence-electron chi connectivity index (χ3n) is 3.29. The van der Waals surface area contributed by atoms with E-state index >= 15 is 0 Å². The molecule has 0 aromatic rings. The van der Waals surface area contributed by atoms with Crippen LogP contribution in [0.1, 0.15) is 40.0 Å². The van der Waals surface area contributed by atoms with Crippen LogP contribution < -0.4 is 11.1 Å². The van der Waals surface area contributed by atoms with E-state index in [0.29, 0.717) is 19.0 Å². The van der Waals surface area contributed by atoms with Crippen molar-refractivity contribution in [1.82, 2.24) is 5.32 Å². The van der Waals surface area contributed by atoms with Crippen LogP contribution in [0.2, 0.25) is 0 Å². The fourth-order valence-electron chi connectivity index (χ4n) is 2.28. The van der Waals surface area contributed by atoms with E-state index in [4.69, 9.17) is 10.8 Å². The molecule has 1 amide bonds. The number of hydrogen-bond donors (Lipinski definition) is 3. The zero-order chi connectivity index (χ0) is 13.1. The predicted molar refractivity (Wildman–Crippen MR) is 68.4 cm³/mol. The number of nitrogens with one attached hydrogen (secondary N) is 1. The van der Waals surface area contributed by atoms with Gasteiger partial charge in [0.25, 0.3) is 0 Å². The molecule has 4 heteroatoms. The number of aliphatic hydroxyl groups excluding tert-OH is 1. The summed E-state index contributed by atoms with van der Waals surface area (Å²) < 4.78 is 0.